The van der Waals surface area contributed by atoms with Crippen molar-refractivity contribution in [3.63, 3.8) is 0 Å². The van der Waals surface area contributed by atoms with E-state index >= 15 is 0 Å². The van der Waals surface area contributed by atoms with Crippen LogP contribution in [0.25, 0.3) is 0 Å². The van der Waals surface area contributed by atoms with Crippen molar-refractivity contribution in [1.29, 1.82) is 0 Å². The van der Waals surface area contributed by atoms with Gasteiger partial charge in [0.15, 0.2) is 0 Å². The van der Waals surface area contributed by atoms with Gasteiger partial charge in [-0.3, -0.25) is 14.5 Å². The van der Waals surface area contributed by atoms with Crippen LogP contribution in [0.4, 0.5) is 0 Å². The molecule has 0 radical (unpaired) electrons. The van der Waals surface area contributed by atoms with Gasteiger partial charge in [-0.25, -0.2) is 0 Å². The fraction of sp³-hybridized carbons (Fsp3) is 0.529. The molecule has 2 aliphatic rings. The van der Waals surface area contributed by atoms with Crippen LogP contribution in [0.2, 0.25) is 5.02 Å². The molecule has 2 atom stereocenters. The Kier molecular flexibility index (Phi) is 4.60. The van der Waals surface area contributed by atoms with Gasteiger partial charge in [-0.2, -0.15) is 0 Å². The lowest BCUT2D eigenvalue weighted by Crippen LogP contribution is -2.70. The lowest BCUT2D eigenvalue weighted by molar-refractivity contribution is -0.154. The van der Waals surface area contributed by atoms with Gasteiger partial charge in [-0.15, -0.1) is 0 Å². The second-order valence-corrected chi connectivity index (χ2v) is 7.08. The van der Waals surface area contributed by atoms with E-state index in [0.717, 1.165) is 23.7 Å². The van der Waals surface area contributed by atoms with Crippen molar-refractivity contribution in [3.8, 4) is 0 Å². The molecule has 3 rings (SSSR count). The number of rotatable bonds is 3. The predicted molar refractivity (Wildman–Crippen MR) is 89.0 cm³/mol. The molecule has 23 heavy (non-hydrogen) atoms. The maximum Gasteiger partial charge on any atom is 0.246 e. The topological polar surface area (TPSA) is 52.7 Å². The number of hydrogen-bond acceptors (Lipinski definition) is 3. The van der Waals surface area contributed by atoms with E-state index in [9.17, 15) is 9.59 Å². The molecular formula is C17H22ClN3O2. The van der Waals surface area contributed by atoms with Crippen molar-refractivity contribution in [2.45, 2.75) is 32.5 Å². The first-order valence-corrected chi connectivity index (χ1v) is 8.41. The Balaban J connectivity index is 1.67. The molecule has 0 saturated carbocycles. The first-order chi connectivity index (χ1) is 11.0. The smallest absolute Gasteiger partial charge is 0.246 e. The minimum Gasteiger partial charge on any atom is -0.342 e. The SMILES string of the molecule is CC(C)[C@H]1NC(=O)[C@H]2CN(Cc3ccc(Cl)cc3)CCN2C1=O. The summed E-state index contributed by atoms with van der Waals surface area (Å²) in [5.41, 5.74) is 1.16. The molecule has 1 N–H and O–H groups in total. The van der Waals surface area contributed by atoms with Crippen molar-refractivity contribution in [2.24, 2.45) is 5.92 Å². The van der Waals surface area contributed by atoms with Crippen LogP contribution in [-0.4, -0.2) is 53.3 Å². The Labute approximate surface area is 141 Å². The highest BCUT2D eigenvalue weighted by Gasteiger charge is 2.44. The molecule has 2 fully saturated rings. The van der Waals surface area contributed by atoms with E-state index in [-0.39, 0.29) is 29.8 Å². The van der Waals surface area contributed by atoms with Gasteiger partial charge in [-0.05, 0) is 23.6 Å². The molecule has 0 bridgehead atoms. The number of nitrogens with one attached hydrogen (secondary N) is 1. The zero-order chi connectivity index (χ0) is 16.6. The van der Waals surface area contributed by atoms with Crippen molar-refractivity contribution >= 4 is 23.4 Å². The van der Waals surface area contributed by atoms with Crippen LogP contribution < -0.4 is 5.32 Å². The summed E-state index contributed by atoms with van der Waals surface area (Å²) in [6.45, 7) is 6.64. The average Bonchev–Trinajstić information content (AvgIpc) is 2.53. The molecule has 6 heteroatoms. The summed E-state index contributed by atoms with van der Waals surface area (Å²) in [5, 5.41) is 3.60. The summed E-state index contributed by atoms with van der Waals surface area (Å²) in [6, 6.07) is 6.97. The van der Waals surface area contributed by atoms with Gasteiger partial charge in [0.2, 0.25) is 11.8 Å². The minimum atomic E-state index is -0.387. The van der Waals surface area contributed by atoms with E-state index in [1.165, 1.54) is 0 Å². The molecular weight excluding hydrogens is 314 g/mol. The summed E-state index contributed by atoms with van der Waals surface area (Å²) in [7, 11) is 0. The lowest BCUT2D eigenvalue weighted by atomic mass is 9.96. The quantitative estimate of drug-likeness (QED) is 0.911. The third kappa shape index (κ3) is 3.35. The van der Waals surface area contributed by atoms with E-state index in [2.05, 4.69) is 10.2 Å². The Morgan fingerprint density at radius 1 is 1.22 bits per heavy atom. The maximum atomic E-state index is 12.5. The van der Waals surface area contributed by atoms with Crippen molar-refractivity contribution in [1.82, 2.24) is 15.1 Å². The molecule has 2 aliphatic heterocycles. The first-order valence-electron chi connectivity index (χ1n) is 8.03. The Hall–Kier alpha value is -1.59. The van der Waals surface area contributed by atoms with E-state index in [0.29, 0.717) is 13.1 Å². The van der Waals surface area contributed by atoms with Gasteiger partial charge in [0.25, 0.3) is 0 Å². The van der Waals surface area contributed by atoms with Crippen molar-refractivity contribution in [2.75, 3.05) is 19.6 Å². The number of piperazine rings is 2. The lowest BCUT2D eigenvalue weighted by Gasteiger charge is -2.46. The van der Waals surface area contributed by atoms with Gasteiger partial charge in [-0.1, -0.05) is 37.6 Å². The number of hydrogen-bond donors (Lipinski definition) is 1. The fourth-order valence-corrected chi connectivity index (χ4v) is 3.39. The summed E-state index contributed by atoms with van der Waals surface area (Å²) < 4.78 is 0. The van der Waals surface area contributed by atoms with Gasteiger partial charge in [0.1, 0.15) is 12.1 Å². The van der Waals surface area contributed by atoms with Crippen molar-refractivity contribution in [3.05, 3.63) is 34.9 Å². The molecule has 124 valence electrons. The Bertz CT molecular complexity index is 602. The normalized spacial score (nSPS) is 25.5. The summed E-state index contributed by atoms with van der Waals surface area (Å²) in [6.07, 6.45) is 0. The number of halogens is 1. The number of nitrogens with zero attached hydrogens (tertiary/aromatic N) is 2. The fourth-order valence-electron chi connectivity index (χ4n) is 3.26. The maximum absolute atomic E-state index is 12.5. The minimum absolute atomic E-state index is 0.0379. The first kappa shape index (κ1) is 16.3. The number of carbonyl (C=O) groups excluding carboxylic acids is 2. The molecule has 5 nitrogen and oxygen atoms in total. The molecule has 0 spiro atoms. The zero-order valence-corrected chi connectivity index (χ0v) is 14.2. The van der Waals surface area contributed by atoms with Crippen LogP contribution in [0.5, 0.6) is 0 Å². The highest BCUT2D eigenvalue weighted by molar-refractivity contribution is 6.30. The summed E-state index contributed by atoms with van der Waals surface area (Å²) in [5.74, 6) is 0.124. The molecule has 2 heterocycles. The molecule has 0 aliphatic carbocycles. The van der Waals surface area contributed by atoms with Crippen molar-refractivity contribution < 1.29 is 9.59 Å². The van der Waals surface area contributed by atoms with E-state index in [4.69, 9.17) is 11.6 Å². The largest absolute Gasteiger partial charge is 0.342 e. The highest BCUT2D eigenvalue weighted by atomic mass is 35.5. The van der Waals surface area contributed by atoms with Gasteiger partial charge < -0.3 is 10.2 Å². The van der Waals surface area contributed by atoms with Crippen LogP contribution in [-0.2, 0) is 16.1 Å². The van der Waals surface area contributed by atoms with Crippen LogP contribution in [0.15, 0.2) is 24.3 Å². The van der Waals surface area contributed by atoms with Crippen LogP contribution in [0.3, 0.4) is 0 Å². The molecule has 2 amide bonds. The van der Waals surface area contributed by atoms with Gasteiger partial charge in [0, 0.05) is 31.2 Å². The van der Waals surface area contributed by atoms with E-state index < -0.39 is 0 Å². The highest BCUT2D eigenvalue weighted by Crippen LogP contribution is 2.21. The second-order valence-electron chi connectivity index (χ2n) is 6.64. The van der Waals surface area contributed by atoms with E-state index in [1.807, 2.05) is 38.1 Å². The Morgan fingerprint density at radius 2 is 1.91 bits per heavy atom. The van der Waals surface area contributed by atoms with Crippen LogP contribution >= 0.6 is 11.6 Å². The molecule has 2 saturated heterocycles. The van der Waals surface area contributed by atoms with Crippen LogP contribution in [0, 0.1) is 5.92 Å². The monoisotopic (exact) mass is 335 g/mol. The number of amides is 2. The molecule has 0 unspecified atom stereocenters. The van der Waals surface area contributed by atoms with Gasteiger partial charge >= 0.3 is 0 Å². The zero-order valence-electron chi connectivity index (χ0n) is 13.5. The number of benzene rings is 1. The summed E-state index contributed by atoms with van der Waals surface area (Å²) in [4.78, 5) is 28.9. The predicted octanol–water partition coefficient (Wildman–Crippen LogP) is 1.51. The standard InChI is InChI=1S/C17H22ClN3O2/c1-11(2)15-17(23)21-8-7-20(10-14(21)16(22)19-15)9-12-3-5-13(18)6-4-12/h3-6,11,14-15H,7-10H2,1-2H3,(H,19,22)/t14-,15-/m1/s1. The second kappa shape index (κ2) is 6.49. The molecule has 1 aromatic rings. The average molecular weight is 336 g/mol. The third-order valence-corrected chi connectivity index (χ3v) is 4.85. The molecule has 1 aromatic carbocycles. The molecule has 0 aromatic heterocycles. The Morgan fingerprint density at radius 3 is 2.57 bits per heavy atom. The van der Waals surface area contributed by atoms with Crippen LogP contribution in [0.1, 0.15) is 19.4 Å². The number of fused-ring (bicyclic) bond motifs is 1. The number of carbonyl (C=O) groups is 2. The van der Waals surface area contributed by atoms with E-state index in [1.54, 1.807) is 4.90 Å². The van der Waals surface area contributed by atoms with Gasteiger partial charge in [0.05, 0.1) is 0 Å². The third-order valence-electron chi connectivity index (χ3n) is 4.60. The summed E-state index contributed by atoms with van der Waals surface area (Å²) >= 11 is 5.91.